The number of thiol groups is 1. The summed E-state index contributed by atoms with van der Waals surface area (Å²) in [4.78, 5) is 10.9. The fourth-order valence-electron chi connectivity index (χ4n) is 1.26. The number of aryl methyl sites for hydroxylation is 1. The maximum Gasteiger partial charge on any atom is 0.229 e. The topological polar surface area (TPSA) is 29.1 Å². The molecular formula is C11H14FNOS. The molecular weight excluding hydrogens is 213 g/mol. The standard InChI is InChI=1S/C11H14FNOS/c1-8-6-9(2-3-10(8)12)4-5-13-11(14)7-15/h2-3,6,15H,4-5,7H2,1H3,(H,13,14). The number of hydrogen-bond acceptors (Lipinski definition) is 2. The third-order valence-electron chi connectivity index (χ3n) is 2.10. The van der Waals surface area contributed by atoms with Gasteiger partial charge in [-0.3, -0.25) is 4.79 Å². The number of nitrogens with one attached hydrogen (secondary N) is 1. The molecule has 0 saturated heterocycles. The van der Waals surface area contributed by atoms with Gasteiger partial charge in [0.05, 0.1) is 5.75 Å². The minimum Gasteiger partial charge on any atom is -0.355 e. The van der Waals surface area contributed by atoms with E-state index in [1.807, 2.05) is 0 Å². The van der Waals surface area contributed by atoms with E-state index in [-0.39, 0.29) is 17.5 Å². The maximum absolute atomic E-state index is 12.9. The van der Waals surface area contributed by atoms with Crippen LogP contribution in [-0.2, 0) is 11.2 Å². The second-order valence-corrected chi connectivity index (χ2v) is 3.66. The molecule has 82 valence electrons. The van der Waals surface area contributed by atoms with E-state index in [1.165, 1.54) is 6.07 Å². The molecule has 1 aromatic rings. The molecule has 0 fully saturated rings. The molecule has 0 atom stereocenters. The van der Waals surface area contributed by atoms with Crippen molar-refractivity contribution in [2.45, 2.75) is 13.3 Å². The second kappa shape index (κ2) is 5.75. The molecule has 0 aromatic heterocycles. The van der Waals surface area contributed by atoms with E-state index >= 15 is 0 Å². The summed E-state index contributed by atoms with van der Waals surface area (Å²) in [7, 11) is 0. The van der Waals surface area contributed by atoms with Gasteiger partial charge in [0, 0.05) is 6.54 Å². The van der Waals surface area contributed by atoms with Crippen molar-refractivity contribution in [1.82, 2.24) is 5.32 Å². The largest absolute Gasteiger partial charge is 0.355 e. The lowest BCUT2D eigenvalue weighted by atomic mass is 10.1. The number of amides is 1. The van der Waals surface area contributed by atoms with Crippen LogP contribution in [-0.4, -0.2) is 18.2 Å². The van der Waals surface area contributed by atoms with Crippen molar-refractivity contribution >= 4 is 18.5 Å². The van der Waals surface area contributed by atoms with Crippen molar-refractivity contribution in [1.29, 1.82) is 0 Å². The van der Waals surface area contributed by atoms with Crippen LogP contribution in [0.25, 0.3) is 0 Å². The lowest BCUT2D eigenvalue weighted by molar-refractivity contribution is -0.118. The van der Waals surface area contributed by atoms with E-state index in [2.05, 4.69) is 17.9 Å². The van der Waals surface area contributed by atoms with E-state index in [0.717, 1.165) is 5.56 Å². The van der Waals surface area contributed by atoms with Gasteiger partial charge < -0.3 is 5.32 Å². The Morgan fingerprint density at radius 3 is 2.87 bits per heavy atom. The molecule has 0 saturated carbocycles. The van der Waals surface area contributed by atoms with Gasteiger partial charge in [0.1, 0.15) is 5.82 Å². The monoisotopic (exact) mass is 227 g/mol. The smallest absolute Gasteiger partial charge is 0.229 e. The fraction of sp³-hybridized carbons (Fsp3) is 0.364. The van der Waals surface area contributed by atoms with E-state index in [0.29, 0.717) is 18.5 Å². The minimum atomic E-state index is -0.196. The SMILES string of the molecule is Cc1cc(CCNC(=O)CS)ccc1F. The molecule has 0 heterocycles. The van der Waals surface area contributed by atoms with Crippen molar-refractivity contribution in [3.63, 3.8) is 0 Å². The van der Waals surface area contributed by atoms with Gasteiger partial charge in [-0.15, -0.1) is 0 Å². The molecule has 0 bridgehead atoms. The van der Waals surface area contributed by atoms with Crippen LogP contribution in [0.3, 0.4) is 0 Å². The average molecular weight is 227 g/mol. The van der Waals surface area contributed by atoms with Crippen LogP contribution in [0.1, 0.15) is 11.1 Å². The first kappa shape index (κ1) is 12.0. The lowest BCUT2D eigenvalue weighted by Crippen LogP contribution is -2.26. The molecule has 4 heteroatoms. The highest BCUT2D eigenvalue weighted by Crippen LogP contribution is 2.09. The lowest BCUT2D eigenvalue weighted by Gasteiger charge is -2.04. The van der Waals surface area contributed by atoms with E-state index < -0.39 is 0 Å². The summed E-state index contributed by atoms with van der Waals surface area (Å²) in [6, 6.07) is 4.97. The molecule has 15 heavy (non-hydrogen) atoms. The normalized spacial score (nSPS) is 10.1. The van der Waals surface area contributed by atoms with Crippen molar-refractivity contribution < 1.29 is 9.18 Å². The van der Waals surface area contributed by atoms with Gasteiger partial charge in [-0.1, -0.05) is 12.1 Å². The molecule has 1 amide bonds. The molecule has 0 unspecified atom stereocenters. The van der Waals surface area contributed by atoms with E-state index in [1.54, 1.807) is 19.1 Å². The zero-order valence-corrected chi connectivity index (χ0v) is 9.48. The first-order chi connectivity index (χ1) is 7.13. The Morgan fingerprint density at radius 1 is 1.53 bits per heavy atom. The van der Waals surface area contributed by atoms with E-state index in [4.69, 9.17) is 0 Å². The van der Waals surface area contributed by atoms with Crippen LogP contribution >= 0.6 is 12.6 Å². The number of carbonyl (C=O) groups is 1. The molecule has 0 spiro atoms. The van der Waals surface area contributed by atoms with Gasteiger partial charge in [0.25, 0.3) is 0 Å². The summed E-state index contributed by atoms with van der Waals surface area (Å²) in [5, 5.41) is 2.71. The predicted molar refractivity (Wildman–Crippen MR) is 61.7 cm³/mol. The molecule has 1 N–H and O–H groups in total. The fourth-order valence-corrected chi connectivity index (χ4v) is 1.38. The third kappa shape index (κ3) is 3.91. The van der Waals surface area contributed by atoms with Crippen LogP contribution < -0.4 is 5.32 Å². The average Bonchev–Trinajstić information content (AvgIpc) is 2.23. The quantitative estimate of drug-likeness (QED) is 0.754. The van der Waals surface area contributed by atoms with Gasteiger partial charge in [-0.2, -0.15) is 12.6 Å². The molecule has 1 aromatic carbocycles. The number of carbonyl (C=O) groups excluding carboxylic acids is 1. The van der Waals surface area contributed by atoms with Gasteiger partial charge in [-0.05, 0) is 30.5 Å². The summed E-state index contributed by atoms with van der Waals surface area (Å²) in [6.07, 6.45) is 0.709. The number of rotatable bonds is 4. The van der Waals surface area contributed by atoms with Crippen LogP contribution in [0.4, 0.5) is 4.39 Å². The van der Waals surface area contributed by atoms with Gasteiger partial charge in [0.15, 0.2) is 0 Å². The van der Waals surface area contributed by atoms with Gasteiger partial charge >= 0.3 is 0 Å². The zero-order valence-electron chi connectivity index (χ0n) is 8.59. The first-order valence-corrected chi connectivity index (χ1v) is 5.39. The van der Waals surface area contributed by atoms with Crippen molar-refractivity contribution in [3.8, 4) is 0 Å². The Labute approximate surface area is 94.3 Å². The minimum absolute atomic E-state index is 0.0860. The van der Waals surface area contributed by atoms with Crippen molar-refractivity contribution in [3.05, 3.63) is 35.1 Å². The van der Waals surface area contributed by atoms with Crippen LogP contribution in [0.2, 0.25) is 0 Å². The Morgan fingerprint density at radius 2 is 2.27 bits per heavy atom. The van der Waals surface area contributed by atoms with E-state index in [9.17, 15) is 9.18 Å². The Hall–Kier alpha value is -1.03. The molecule has 0 radical (unpaired) electrons. The highest BCUT2D eigenvalue weighted by atomic mass is 32.1. The molecule has 1 rings (SSSR count). The summed E-state index contributed by atoms with van der Waals surface area (Å²) in [5.74, 6) is -0.0852. The summed E-state index contributed by atoms with van der Waals surface area (Å²) < 4.78 is 12.9. The number of halogens is 1. The van der Waals surface area contributed by atoms with Crippen molar-refractivity contribution in [2.75, 3.05) is 12.3 Å². The predicted octanol–water partition coefficient (Wildman–Crippen LogP) is 1.72. The first-order valence-electron chi connectivity index (χ1n) is 4.76. The highest BCUT2D eigenvalue weighted by Gasteiger charge is 2.00. The van der Waals surface area contributed by atoms with Gasteiger partial charge in [0.2, 0.25) is 5.91 Å². The zero-order chi connectivity index (χ0) is 11.3. The van der Waals surface area contributed by atoms with Crippen LogP contribution in [0.5, 0.6) is 0 Å². The highest BCUT2D eigenvalue weighted by molar-refractivity contribution is 7.81. The number of hydrogen-bond donors (Lipinski definition) is 2. The molecule has 0 aliphatic carbocycles. The maximum atomic E-state index is 12.9. The number of benzene rings is 1. The molecule has 2 nitrogen and oxygen atoms in total. The second-order valence-electron chi connectivity index (χ2n) is 3.34. The van der Waals surface area contributed by atoms with Crippen LogP contribution in [0, 0.1) is 12.7 Å². The molecule has 0 aliphatic heterocycles. The molecule has 0 aliphatic rings. The Balaban J connectivity index is 2.44. The summed E-state index contributed by atoms with van der Waals surface area (Å²) in [5.41, 5.74) is 1.65. The van der Waals surface area contributed by atoms with Gasteiger partial charge in [-0.25, -0.2) is 4.39 Å². The summed E-state index contributed by atoms with van der Waals surface area (Å²) >= 11 is 3.84. The third-order valence-corrected chi connectivity index (χ3v) is 2.39. The Bertz CT molecular complexity index is 354. The Kier molecular flexibility index (Phi) is 4.62. The van der Waals surface area contributed by atoms with Crippen molar-refractivity contribution in [2.24, 2.45) is 0 Å². The summed E-state index contributed by atoms with van der Waals surface area (Å²) in [6.45, 7) is 2.29. The van der Waals surface area contributed by atoms with Crippen LogP contribution in [0.15, 0.2) is 18.2 Å².